The Bertz CT molecular complexity index is 1530. The second kappa shape index (κ2) is 10.3. The molecule has 0 saturated heterocycles. The van der Waals surface area contributed by atoms with E-state index in [0.717, 1.165) is 16.8 Å². The smallest absolute Gasteiger partial charge is 0.266 e. The highest BCUT2D eigenvalue weighted by atomic mass is 16.4. The van der Waals surface area contributed by atoms with Crippen molar-refractivity contribution in [3.8, 4) is 23.2 Å². The first kappa shape index (κ1) is 25.0. The van der Waals surface area contributed by atoms with Crippen molar-refractivity contribution in [1.82, 2.24) is 30.0 Å². The summed E-state index contributed by atoms with van der Waals surface area (Å²) in [6, 6.07) is 16.9. The average Bonchev–Trinajstić information content (AvgIpc) is 3.63. The predicted octanol–water partition coefficient (Wildman–Crippen LogP) is 4.18. The van der Waals surface area contributed by atoms with E-state index in [9.17, 15) is 4.79 Å². The van der Waals surface area contributed by atoms with Crippen LogP contribution in [0.15, 0.2) is 82.1 Å². The number of carbonyl (C=O) groups is 1. The van der Waals surface area contributed by atoms with Crippen molar-refractivity contribution in [3.05, 3.63) is 102 Å². The molecule has 0 spiro atoms. The minimum atomic E-state index is -0.909. The summed E-state index contributed by atoms with van der Waals surface area (Å²) in [4.78, 5) is 28.1. The van der Waals surface area contributed by atoms with E-state index < -0.39 is 5.54 Å². The molecule has 192 valence electrons. The van der Waals surface area contributed by atoms with Crippen molar-refractivity contribution in [1.29, 1.82) is 0 Å². The van der Waals surface area contributed by atoms with E-state index in [4.69, 9.17) is 14.6 Å². The first-order chi connectivity index (χ1) is 18.3. The Labute approximate surface area is 219 Å². The van der Waals surface area contributed by atoms with Gasteiger partial charge in [0.2, 0.25) is 11.8 Å². The van der Waals surface area contributed by atoms with Crippen molar-refractivity contribution >= 4 is 5.91 Å². The normalized spacial score (nSPS) is 12.7. The van der Waals surface area contributed by atoms with E-state index in [0.29, 0.717) is 29.9 Å². The molecule has 0 aliphatic heterocycles. The van der Waals surface area contributed by atoms with Crippen LogP contribution in [0, 0.1) is 6.92 Å². The lowest BCUT2D eigenvalue weighted by Gasteiger charge is -2.20. The van der Waals surface area contributed by atoms with Gasteiger partial charge in [0.1, 0.15) is 17.7 Å². The van der Waals surface area contributed by atoms with Gasteiger partial charge in [0.15, 0.2) is 0 Å². The van der Waals surface area contributed by atoms with Gasteiger partial charge in [0.05, 0.1) is 11.7 Å². The molecule has 38 heavy (non-hydrogen) atoms. The topological polar surface area (TPSA) is 137 Å². The number of aromatic nitrogens is 5. The van der Waals surface area contributed by atoms with Gasteiger partial charge in [-0.15, -0.1) is 10.2 Å². The van der Waals surface area contributed by atoms with Crippen molar-refractivity contribution in [3.63, 3.8) is 0 Å². The fraction of sp³-hybridized carbons (Fsp3) is 0.214. The Balaban J connectivity index is 1.46. The molecule has 1 aromatic carbocycles. The lowest BCUT2D eigenvalue weighted by molar-refractivity contribution is 0.0785. The van der Waals surface area contributed by atoms with Crippen LogP contribution in [-0.4, -0.2) is 43.0 Å². The van der Waals surface area contributed by atoms with Gasteiger partial charge in [-0.3, -0.25) is 9.78 Å². The molecule has 0 bridgehead atoms. The van der Waals surface area contributed by atoms with Crippen LogP contribution in [0.25, 0.3) is 23.2 Å². The zero-order valence-electron chi connectivity index (χ0n) is 21.3. The molecule has 4 aromatic heterocycles. The van der Waals surface area contributed by atoms with Crippen LogP contribution in [0.5, 0.6) is 0 Å². The molecular formula is C28H27N7O3. The highest BCUT2D eigenvalue weighted by molar-refractivity contribution is 5.95. The number of oxazole rings is 1. The average molecular weight is 510 g/mol. The molecule has 0 fully saturated rings. The van der Waals surface area contributed by atoms with Gasteiger partial charge in [-0.25, -0.2) is 9.97 Å². The molecule has 1 atom stereocenters. The zero-order valence-corrected chi connectivity index (χ0v) is 21.3. The van der Waals surface area contributed by atoms with E-state index in [1.807, 2.05) is 56.3 Å². The predicted molar refractivity (Wildman–Crippen MR) is 139 cm³/mol. The van der Waals surface area contributed by atoms with Gasteiger partial charge in [-0.1, -0.05) is 36.4 Å². The first-order valence-corrected chi connectivity index (χ1v) is 12.0. The molecule has 2 N–H and O–H groups in total. The summed E-state index contributed by atoms with van der Waals surface area (Å²) in [5.41, 5.74) is 9.56. The van der Waals surface area contributed by atoms with Crippen molar-refractivity contribution < 1.29 is 13.6 Å². The maximum absolute atomic E-state index is 13.4. The number of hydrogen-bond acceptors (Lipinski definition) is 9. The first-order valence-electron chi connectivity index (χ1n) is 12.0. The number of nitrogens with two attached hydrogens (primary N) is 1. The van der Waals surface area contributed by atoms with E-state index in [2.05, 4.69) is 25.1 Å². The van der Waals surface area contributed by atoms with Gasteiger partial charge in [-0.05, 0) is 49.6 Å². The number of amides is 1. The Morgan fingerprint density at radius 1 is 1.00 bits per heavy atom. The van der Waals surface area contributed by atoms with Crippen LogP contribution in [-0.2, 0) is 18.5 Å². The molecule has 10 nitrogen and oxygen atoms in total. The molecule has 5 rings (SSSR count). The maximum Gasteiger partial charge on any atom is 0.266 e. The molecule has 0 aliphatic carbocycles. The molecule has 1 amide bonds. The Morgan fingerprint density at radius 2 is 1.76 bits per heavy atom. The van der Waals surface area contributed by atoms with Crippen LogP contribution in [0.2, 0.25) is 0 Å². The molecule has 0 saturated carbocycles. The molecule has 10 heteroatoms. The molecule has 5 aromatic rings. The number of aryl methyl sites for hydroxylation is 1. The zero-order chi connectivity index (χ0) is 26.7. The van der Waals surface area contributed by atoms with Crippen LogP contribution in [0.1, 0.15) is 40.0 Å². The molecular weight excluding hydrogens is 482 g/mol. The van der Waals surface area contributed by atoms with Gasteiger partial charge in [0, 0.05) is 31.0 Å². The van der Waals surface area contributed by atoms with Crippen molar-refractivity contribution in [2.45, 2.75) is 32.4 Å². The summed E-state index contributed by atoms with van der Waals surface area (Å²) in [7, 11) is 1.72. The van der Waals surface area contributed by atoms with Gasteiger partial charge in [0.25, 0.3) is 11.8 Å². The van der Waals surface area contributed by atoms with Crippen LogP contribution in [0.4, 0.5) is 0 Å². The quantitative estimate of drug-likeness (QED) is 0.326. The number of carbonyl (C=O) groups excluding carboxylic acids is 1. The molecule has 0 aliphatic rings. The van der Waals surface area contributed by atoms with Crippen molar-refractivity contribution in [2.24, 2.45) is 5.73 Å². The fourth-order valence-corrected chi connectivity index (χ4v) is 4.03. The number of pyridine rings is 2. The van der Waals surface area contributed by atoms with Gasteiger partial charge in [-0.2, -0.15) is 0 Å². The van der Waals surface area contributed by atoms with Crippen LogP contribution < -0.4 is 5.73 Å². The lowest BCUT2D eigenvalue weighted by atomic mass is 9.94. The third-order valence-electron chi connectivity index (χ3n) is 6.01. The fourth-order valence-electron chi connectivity index (χ4n) is 4.03. The summed E-state index contributed by atoms with van der Waals surface area (Å²) in [6.45, 7) is 4.13. The third-order valence-corrected chi connectivity index (χ3v) is 6.01. The van der Waals surface area contributed by atoms with Crippen LogP contribution in [0.3, 0.4) is 0 Å². The monoisotopic (exact) mass is 509 g/mol. The highest BCUT2D eigenvalue weighted by Crippen LogP contribution is 2.28. The number of rotatable bonds is 8. The Kier molecular flexibility index (Phi) is 6.80. The maximum atomic E-state index is 13.4. The number of hydrogen-bond donors (Lipinski definition) is 1. The van der Waals surface area contributed by atoms with E-state index >= 15 is 0 Å². The van der Waals surface area contributed by atoms with Gasteiger partial charge >= 0.3 is 0 Å². The SMILES string of the molecule is Cc1ccc(CN(C)C(=O)c2cc(-c3ncco3)nc(-c3nnc([C@@](C)(N)Cc4ccccc4)o3)c2)cn1. The second-order valence-electron chi connectivity index (χ2n) is 9.42. The minimum Gasteiger partial charge on any atom is -0.443 e. The lowest BCUT2D eigenvalue weighted by Crippen LogP contribution is -2.35. The summed E-state index contributed by atoms with van der Waals surface area (Å²) in [5.74, 6) is 0.433. The van der Waals surface area contributed by atoms with E-state index in [1.54, 1.807) is 30.3 Å². The molecule has 0 unspecified atom stereocenters. The van der Waals surface area contributed by atoms with Crippen LogP contribution >= 0.6 is 0 Å². The second-order valence-corrected chi connectivity index (χ2v) is 9.42. The Hall–Kier alpha value is -4.70. The van der Waals surface area contributed by atoms with Crippen molar-refractivity contribution in [2.75, 3.05) is 7.05 Å². The molecule has 0 radical (unpaired) electrons. The minimum absolute atomic E-state index is 0.137. The molecule has 4 heterocycles. The summed E-state index contributed by atoms with van der Waals surface area (Å²) < 4.78 is 11.4. The number of nitrogens with zero attached hydrogens (tertiary/aromatic N) is 6. The largest absolute Gasteiger partial charge is 0.443 e. The van der Waals surface area contributed by atoms with E-state index in [1.165, 1.54) is 12.5 Å². The highest BCUT2D eigenvalue weighted by Gasteiger charge is 2.29. The Morgan fingerprint density at radius 3 is 2.45 bits per heavy atom. The van der Waals surface area contributed by atoms with E-state index in [-0.39, 0.29) is 23.6 Å². The summed E-state index contributed by atoms with van der Waals surface area (Å²) in [5, 5.41) is 8.40. The third kappa shape index (κ3) is 5.50. The number of benzene rings is 1. The summed E-state index contributed by atoms with van der Waals surface area (Å²) in [6.07, 6.45) is 5.21. The van der Waals surface area contributed by atoms with Gasteiger partial charge < -0.3 is 19.5 Å². The summed E-state index contributed by atoms with van der Waals surface area (Å²) >= 11 is 0. The standard InChI is InChI=1S/C28H27N7O3/c1-18-9-10-20(16-31-18)17-35(3)26(36)21-13-22(24-30-11-12-37-24)32-23(14-21)25-33-34-27(38-25)28(2,29)15-19-7-5-4-6-8-19/h4-14,16H,15,17,29H2,1-3H3/t28-/m0/s1.